The van der Waals surface area contributed by atoms with Crippen LogP contribution in [0, 0.1) is 21.8 Å². The van der Waals surface area contributed by atoms with Gasteiger partial charge in [0.25, 0.3) is 0 Å². The van der Waals surface area contributed by atoms with E-state index >= 15 is 0 Å². The van der Waals surface area contributed by atoms with Crippen molar-refractivity contribution in [1.82, 2.24) is 5.32 Å². The predicted octanol–water partition coefficient (Wildman–Crippen LogP) is 4.18. The molecule has 1 N–H and O–H groups in total. The van der Waals surface area contributed by atoms with Gasteiger partial charge in [0, 0.05) is 18.7 Å². The zero-order chi connectivity index (χ0) is 15.2. The fourth-order valence-corrected chi connectivity index (χ4v) is 3.13. The smallest absolute Gasteiger partial charge is 0.304 e. The summed E-state index contributed by atoms with van der Waals surface area (Å²) in [6.07, 6.45) is 7.44. The van der Waals surface area contributed by atoms with Crippen molar-refractivity contribution in [2.45, 2.75) is 58.0 Å². The molecule has 0 aliphatic heterocycles. The van der Waals surface area contributed by atoms with E-state index in [-0.39, 0.29) is 0 Å². The zero-order valence-corrected chi connectivity index (χ0v) is 12.5. The molecule has 1 aromatic rings. The number of nitrogens with one attached hydrogen (secondary N) is 1. The lowest BCUT2D eigenvalue weighted by molar-refractivity contribution is -0.387. The highest BCUT2D eigenvalue weighted by Crippen LogP contribution is 2.28. The highest BCUT2D eigenvalue weighted by molar-refractivity contribution is 5.34. The van der Waals surface area contributed by atoms with Gasteiger partial charge >= 0.3 is 5.69 Å². The molecule has 21 heavy (non-hydrogen) atoms. The lowest BCUT2D eigenvalue weighted by Gasteiger charge is -2.29. The lowest BCUT2D eigenvalue weighted by atomic mass is 9.83. The molecule has 0 spiro atoms. The molecule has 0 heterocycles. The van der Waals surface area contributed by atoms with Crippen molar-refractivity contribution in [2.24, 2.45) is 5.92 Å². The van der Waals surface area contributed by atoms with Crippen molar-refractivity contribution >= 4 is 5.69 Å². The Labute approximate surface area is 124 Å². The molecule has 1 saturated carbocycles. The minimum Gasteiger partial charge on any atom is -0.310 e. The van der Waals surface area contributed by atoms with E-state index in [9.17, 15) is 14.5 Å². The summed E-state index contributed by atoms with van der Waals surface area (Å²) >= 11 is 0. The Hall–Kier alpha value is -1.49. The molecule has 1 aromatic carbocycles. The molecule has 1 aliphatic carbocycles. The Kier molecular flexibility index (Phi) is 5.67. The average molecular weight is 294 g/mol. The molecule has 0 unspecified atom stereocenters. The Morgan fingerprint density at radius 1 is 1.33 bits per heavy atom. The summed E-state index contributed by atoms with van der Waals surface area (Å²) in [4.78, 5) is 9.88. The highest BCUT2D eigenvalue weighted by atomic mass is 19.1. The van der Waals surface area contributed by atoms with Crippen molar-refractivity contribution in [3.05, 3.63) is 39.7 Å². The zero-order valence-electron chi connectivity index (χ0n) is 12.5. The van der Waals surface area contributed by atoms with Gasteiger partial charge in [0.1, 0.15) is 0 Å². The molecule has 1 aliphatic rings. The number of benzene rings is 1. The Morgan fingerprint density at radius 2 is 2.05 bits per heavy atom. The highest BCUT2D eigenvalue weighted by Gasteiger charge is 2.20. The van der Waals surface area contributed by atoms with E-state index in [1.54, 1.807) is 6.07 Å². The van der Waals surface area contributed by atoms with Gasteiger partial charge in [-0.1, -0.05) is 25.8 Å². The van der Waals surface area contributed by atoms with E-state index in [0.717, 1.165) is 11.5 Å². The van der Waals surface area contributed by atoms with Crippen molar-refractivity contribution < 1.29 is 9.31 Å². The summed E-state index contributed by atoms with van der Waals surface area (Å²) in [6, 6.07) is 4.60. The number of halogens is 1. The van der Waals surface area contributed by atoms with Crippen LogP contribution in [-0.2, 0) is 6.54 Å². The molecule has 116 valence electrons. The molecular formula is C16H23FN2O2. The van der Waals surface area contributed by atoms with Gasteiger partial charge in [-0.15, -0.1) is 0 Å². The third-order valence-electron chi connectivity index (χ3n) is 4.35. The van der Waals surface area contributed by atoms with Gasteiger partial charge < -0.3 is 5.32 Å². The first-order chi connectivity index (χ1) is 10.1. The van der Waals surface area contributed by atoms with Gasteiger partial charge in [0.05, 0.1) is 4.92 Å². The van der Waals surface area contributed by atoms with Crippen LogP contribution in [0.1, 0.15) is 51.0 Å². The van der Waals surface area contributed by atoms with Crippen LogP contribution in [0.3, 0.4) is 0 Å². The summed E-state index contributed by atoms with van der Waals surface area (Å²) in [5.41, 5.74) is 0.299. The third-order valence-corrected chi connectivity index (χ3v) is 4.35. The topological polar surface area (TPSA) is 55.2 Å². The van der Waals surface area contributed by atoms with E-state index < -0.39 is 16.4 Å². The maximum absolute atomic E-state index is 13.5. The molecule has 0 aromatic heterocycles. The van der Waals surface area contributed by atoms with Crippen molar-refractivity contribution in [3.63, 3.8) is 0 Å². The van der Waals surface area contributed by atoms with E-state index in [4.69, 9.17) is 0 Å². The molecule has 2 rings (SSSR count). The molecule has 0 bridgehead atoms. The number of nitro groups is 1. The summed E-state index contributed by atoms with van der Waals surface area (Å²) in [6.45, 7) is 2.80. The van der Waals surface area contributed by atoms with Crippen LogP contribution in [-0.4, -0.2) is 11.0 Å². The van der Waals surface area contributed by atoms with E-state index in [0.29, 0.717) is 12.6 Å². The summed E-state index contributed by atoms with van der Waals surface area (Å²) in [7, 11) is 0. The number of nitrogens with zero attached hydrogens (tertiary/aromatic N) is 1. The van der Waals surface area contributed by atoms with Gasteiger partial charge in [-0.25, -0.2) is 0 Å². The fourth-order valence-electron chi connectivity index (χ4n) is 3.13. The molecule has 5 heteroatoms. The molecular weight excluding hydrogens is 271 g/mol. The average Bonchev–Trinajstić information content (AvgIpc) is 2.46. The SMILES string of the molecule is CCCC1CCC(NCc2ccc([N+](=O)[O-])c(F)c2)CC1. The first-order valence-corrected chi connectivity index (χ1v) is 7.76. The van der Waals surface area contributed by atoms with Gasteiger partial charge in [-0.05, 0) is 43.2 Å². The third kappa shape index (κ3) is 4.49. The number of nitro benzene ring substituents is 1. The summed E-state index contributed by atoms with van der Waals surface area (Å²) in [5, 5.41) is 14.0. The van der Waals surface area contributed by atoms with Crippen LogP contribution < -0.4 is 5.32 Å². The van der Waals surface area contributed by atoms with Crippen LogP contribution in [0.2, 0.25) is 0 Å². The van der Waals surface area contributed by atoms with E-state index in [2.05, 4.69) is 12.2 Å². The molecule has 1 fully saturated rings. The first kappa shape index (κ1) is 15.9. The summed E-state index contributed by atoms with van der Waals surface area (Å²) < 4.78 is 13.5. The van der Waals surface area contributed by atoms with Crippen molar-refractivity contribution in [1.29, 1.82) is 0 Å². The van der Waals surface area contributed by atoms with Crippen LogP contribution in [0.5, 0.6) is 0 Å². The van der Waals surface area contributed by atoms with Crippen molar-refractivity contribution in [3.8, 4) is 0 Å². The van der Waals surface area contributed by atoms with E-state index in [1.165, 1.54) is 50.7 Å². The number of hydrogen-bond acceptors (Lipinski definition) is 3. The first-order valence-electron chi connectivity index (χ1n) is 7.76. The van der Waals surface area contributed by atoms with Crippen LogP contribution in [0.25, 0.3) is 0 Å². The Morgan fingerprint density at radius 3 is 2.62 bits per heavy atom. The second-order valence-corrected chi connectivity index (χ2v) is 5.93. The van der Waals surface area contributed by atoms with Gasteiger partial charge in [-0.3, -0.25) is 10.1 Å². The standard InChI is InChI=1S/C16H23FN2O2/c1-2-3-12-4-7-14(8-5-12)18-11-13-6-9-16(19(20)21)15(17)10-13/h6,9-10,12,14,18H,2-5,7-8,11H2,1H3. The normalized spacial score (nSPS) is 22.2. The molecule has 0 atom stereocenters. The largest absolute Gasteiger partial charge is 0.310 e. The Bertz CT molecular complexity index is 485. The molecule has 0 amide bonds. The van der Waals surface area contributed by atoms with Gasteiger partial charge in [-0.2, -0.15) is 4.39 Å². The minimum atomic E-state index is -0.758. The molecule has 0 radical (unpaired) electrons. The number of rotatable bonds is 6. The monoisotopic (exact) mass is 294 g/mol. The number of hydrogen-bond donors (Lipinski definition) is 1. The van der Waals surface area contributed by atoms with Crippen LogP contribution >= 0.6 is 0 Å². The second-order valence-electron chi connectivity index (χ2n) is 5.93. The molecule has 0 saturated heterocycles. The fraction of sp³-hybridized carbons (Fsp3) is 0.625. The molecule has 4 nitrogen and oxygen atoms in total. The summed E-state index contributed by atoms with van der Waals surface area (Å²) in [5.74, 6) is 0.107. The quantitative estimate of drug-likeness (QED) is 0.632. The second kappa shape index (κ2) is 7.50. The maximum atomic E-state index is 13.5. The van der Waals surface area contributed by atoms with E-state index in [1.807, 2.05) is 0 Å². The van der Waals surface area contributed by atoms with Crippen LogP contribution in [0.4, 0.5) is 10.1 Å². The van der Waals surface area contributed by atoms with Crippen LogP contribution in [0.15, 0.2) is 18.2 Å². The lowest BCUT2D eigenvalue weighted by Crippen LogP contribution is -2.32. The Balaban J connectivity index is 1.81. The maximum Gasteiger partial charge on any atom is 0.304 e. The van der Waals surface area contributed by atoms with Crippen molar-refractivity contribution in [2.75, 3.05) is 0 Å². The predicted molar refractivity (Wildman–Crippen MR) is 80.5 cm³/mol. The van der Waals surface area contributed by atoms with Gasteiger partial charge in [0.2, 0.25) is 5.82 Å². The minimum absolute atomic E-state index is 0.459. The van der Waals surface area contributed by atoms with Gasteiger partial charge in [0.15, 0.2) is 0 Å².